The van der Waals surface area contributed by atoms with Gasteiger partial charge >= 0.3 is 0 Å². The Kier molecular flexibility index (Phi) is 6.15. The maximum Gasteiger partial charge on any atom is 0.223 e. The highest BCUT2D eigenvalue weighted by Gasteiger charge is 2.44. The first kappa shape index (κ1) is 21.8. The summed E-state index contributed by atoms with van der Waals surface area (Å²) in [5.74, 6) is -2.25. The lowest BCUT2D eigenvalue weighted by Gasteiger charge is -2.22. The Labute approximate surface area is 176 Å². The predicted octanol–water partition coefficient (Wildman–Crippen LogP) is 4.00. The summed E-state index contributed by atoms with van der Waals surface area (Å²) in [6.45, 7) is 7.54. The third kappa shape index (κ3) is 4.18. The lowest BCUT2D eigenvalue weighted by molar-refractivity contribution is -0.135. The summed E-state index contributed by atoms with van der Waals surface area (Å²) < 4.78 is 13.2. The Bertz CT molecular complexity index is 975. The fourth-order valence-electron chi connectivity index (χ4n) is 4.10. The van der Waals surface area contributed by atoms with Gasteiger partial charge in [-0.3, -0.25) is 19.4 Å². The number of rotatable bonds is 5. The van der Waals surface area contributed by atoms with Gasteiger partial charge in [0.2, 0.25) is 5.91 Å². The minimum atomic E-state index is -0.831. The van der Waals surface area contributed by atoms with Gasteiger partial charge in [0.15, 0.2) is 5.78 Å². The standard InChI is InChI=1S/C24H27FN2O3/c1-13(2)27(5)21(29)11-17-10-20(28)23(24(17)30)22-14(3)8-16(9-15(22)4)19-7-6-18(25)12-26-19/h6-9,12-13,17,23H,10-11H2,1-5H3. The average Bonchev–Trinajstić information content (AvgIpc) is 2.95. The van der Waals surface area contributed by atoms with E-state index in [1.165, 1.54) is 6.07 Å². The molecule has 1 fully saturated rings. The van der Waals surface area contributed by atoms with Crippen molar-refractivity contribution in [1.82, 2.24) is 9.88 Å². The highest BCUT2D eigenvalue weighted by Crippen LogP contribution is 2.38. The van der Waals surface area contributed by atoms with E-state index in [0.29, 0.717) is 11.3 Å². The number of nitrogens with zero attached hydrogens (tertiary/aromatic N) is 2. The van der Waals surface area contributed by atoms with Crippen molar-refractivity contribution in [1.29, 1.82) is 0 Å². The predicted molar refractivity (Wildman–Crippen MR) is 112 cm³/mol. The summed E-state index contributed by atoms with van der Waals surface area (Å²) in [5.41, 5.74) is 3.77. The van der Waals surface area contributed by atoms with Gasteiger partial charge in [0.25, 0.3) is 0 Å². The minimum absolute atomic E-state index is 0.0395. The third-order valence-corrected chi connectivity index (χ3v) is 5.95. The van der Waals surface area contributed by atoms with Crippen LogP contribution in [0.15, 0.2) is 30.5 Å². The van der Waals surface area contributed by atoms with Crippen molar-refractivity contribution in [3.63, 3.8) is 0 Å². The molecular weight excluding hydrogens is 383 g/mol. The van der Waals surface area contributed by atoms with Gasteiger partial charge < -0.3 is 4.90 Å². The van der Waals surface area contributed by atoms with E-state index < -0.39 is 17.7 Å². The fourth-order valence-corrected chi connectivity index (χ4v) is 4.10. The van der Waals surface area contributed by atoms with Crippen LogP contribution >= 0.6 is 0 Å². The van der Waals surface area contributed by atoms with E-state index in [1.54, 1.807) is 18.0 Å². The van der Waals surface area contributed by atoms with E-state index in [9.17, 15) is 18.8 Å². The van der Waals surface area contributed by atoms with E-state index in [-0.39, 0.29) is 36.4 Å². The van der Waals surface area contributed by atoms with E-state index in [0.717, 1.165) is 22.9 Å². The summed E-state index contributed by atoms with van der Waals surface area (Å²) >= 11 is 0. The number of aryl methyl sites for hydroxylation is 2. The van der Waals surface area contributed by atoms with Crippen LogP contribution in [0.5, 0.6) is 0 Å². The van der Waals surface area contributed by atoms with Crippen LogP contribution in [0.2, 0.25) is 0 Å². The zero-order chi connectivity index (χ0) is 22.2. The van der Waals surface area contributed by atoms with Gasteiger partial charge in [-0.05, 0) is 68.7 Å². The fraction of sp³-hybridized carbons (Fsp3) is 0.417. The number of Topliss-reactive ketones (excluding diaryl/α,β-unsaturated/α-hetero) is 2. The molecule has 0 saturated heterocycles. The molecule has 0 radical (unpaired) electrons. The SMILES string of the molecule is Cc1cc(-c2ccc(F)cn2)cc(C)c1C1C(=O)CC(CC(=O)N(C)C(C)C)C1=O. The number of carbonyl (C=O) groups is 3. The monoisotopic (exact) mass is 410 g/mol. The number of ketones is 2. The van der Waals surface area contributed by atoms with E-state index in [2.05, 4.69) is 4.98 Å². The lowest BCUT2D eigenvalue weighted by Crippen LogP contribution is -2.34. The molecule has 1 amide bonds. The molecule has 0 bridgehead atoms. The normalized spacial score (nSPS) is 18.9. The van der Waals surface area contributed by atoms with Crippen molar-refractivity contribution in [3.8, 4) is 11.3 Å². The van der Waals surface area contributed by atoms with E-state index >= 15 is 0 Å². The molecule has 158 valence electrons. The quantitative estimate of drug-likeness (QED) is 0.699. The molecule has 1 heterocycles. The van der Waals surface area contributed by atoms with E-state index in [1.807, 2.05) is 39.8 Å². The Hall–Kier alpha value is -2.89. The average molecular weight is 410 g/mol. The lowest BCUT2D eigenvalue weighted by atomic mass is 9.85. The summed E-state index contributed by atoms with van der Waals surface area (Å²) in [6.07, 6.45) is 1.32. The van der Waals surface area contributed by atoms with Crippen LogP contribution < -0.4 is 0 Å². The largest absolute Gasteiger partial charge is 0.343 e. The smallest absolute Gasteiger partial charge is 0.223 e. The number of hydrogen-bond donors (Lipinski definition) is 0. The van der Waals surface area contributed by atoms with Crippen LogP contribution in [-0.4, -0.2) is 40.4 Å². The molecule has 30 heavy (non-hydrogen) atoms. The van der Waals surface area contributed by atoms with Gasteiger partial charge in [0.05, 0.1) is 11.9 Å². The third-order valence-electron chi connectivity index (χ3n) is 5.95. The Morgan fingerprint density at radius 2 is 1.83 bits per heavy atom. The van der Waals surface area contributed by atoms with Crippen molar-refractivity contribution < 1.29 is 18.8 Å². The first-order valence-corrected chi connectivity index (χ1v) is 10.1. The van der Waals surface area contributed by atoms with Gasteiger partial charge in [-0.2, -0.15) is 0 Å². The molecule has 2 atom stereocenters. The second kappa shape index (κ2) is 8.46. The number of aromatic nitrogens is 1. The number of pyridine rings is 1. The highest BCUT2D eigenvalue weighted by molar-refractivity contribution is 6.15. The maximum atomic E-state index is 13.2. The first-order valence-electron chi connectivity index (χ1n) is 10.1. The number of hydrogen-bond acceptors (Lipinski definition) is 4. The molecule has 3 rings (SSSR count). The second-order valence-electron chi connectivity index (χ2n) is 8.39. The van der Waals surface area contributed by atoms with Crippen LogP contribution in [0.25, 0.3) is 11.3 Å². The molecular formula is C24H27FN2O3. The molecule has 6 heteroatoms. The molecule has 0 aliphatic heterocycles. The molecule has 2 aromatic rings. The van der Waals surface area contributed by atoms with Crippen LogP contribution in [0, 0.1) is 25.6 Å². The number of carbonyl (C=O) groups excluding carboxylic acids is 3. The molecule has 1 aromatic carbocycles. The Morgan fingerprint density at radius 1 is 1.20 bits per heavy atom. The number of halogens is 1. The summed E-state index contributed by atoms with van der Waals surface area (Å²) in [6, 6.07) is 6.72. The van der Waals surface area contributed by atoms with Gasteiger partial charge in [-0.25, -0.2) is 4.39 Å². The molecule has 1 saturated carbocycles. The Balaban J connectivity index is 1.88. The van der Waals surface area contributed by atoms with Crippen LogP contribution in [0.1, 0.15) is 49.3 Å². The minimum Gasteiger partial charge on any atom is -0.343 e. The molecule has 1 aliphatic rings. The summed E-state index contributed by atoms with van der Waals surface area (Å²) in [5, 5.41) is 0. The number of benzene rings is 1. The van der Waals surface area contributed by atoms with Crippen LogP contribution in [0.4, 0.5) is 4.39 Å². The van der Waals surface area contributed by atoms with Gasteiger partial charge in [0, 0.05) is 37.4 Å². The molecule has 5 nitrogen and oxygen atoms in total. The molecule has 2 unspecified atom stereocenters. The van der Waals surface area contributed by atoms with Crippen LogP contribution in [-0.2, 0) is 14.4 Å². The molecule has 1 aliphatic carbocycles. The second-order valence-corrected chi connectivity index (χ2v) is 8.39. The van der Waals surface area contributed by atoms with Crippen molar-refractivity contribution in [2.24, 2.45) is 5.92 Å². The van der Waals surface area contributed by atoms with Crippen molar-refractivity contribution >= 4 is 17.5 Å². The van der Waals surface area contributed by atoms with Crippen molar-refractivity contribution in [2.75, 3.05) is 7.05 Å². The Morgan fingerprint density at radius 3 is 2.37 bits per heavy atom. The molecule has 0 N–H and O–H groups in total. The van der Waals surface area contributed by atoms with E-state index in [4.69, 9.17) is 0 Å². The topological polar surface area (TPSA) is 67.3 Å². The van der Waals surface area contributed by atoms with Crippen molar-refractivity contribution in [2.45, 2.75) is 52.5 Å². The number of amides is 1. The van der Waals surface area contributed by atoms with Crippen molar-refractivity contribution in [3.05, 3.63) is 53.0 Å². The zero-order valence-electron chi connectivity index (χ0n) is 18.0. The van der Waals surface area contributed by atoms with Gasteiger partial charge in [-0.1, -0.05) is 0 Å². The zero-order valence-corrected chi connectivity index (χ0v) is 18.0. The highest BCUT2D eigenvalue weighted by atomic mass is 19.1. The summed E-state index contributed by atoms with van der Waals surface area (Å²) in [4.78, 5) is 44.0. The maximum absolute atomic E-state index is 13.2. The first-order chi connectivity index (χ1) is 14.1. The molecule has 1 aromatic heterocycles. The van der Waals surface area contributed by atoms with Crippen LogP contribution in [0.3, 0.4) is 0 Å². The van der Waals surface area contributed by atoms with Gasteiger partial charge in [-0.15, -0.1) is 0 Å². The summed E-state index contributed by atoms with van der Waals surface area (Å²) in [7, 11) is 1.71. The van der Waals surface area contributed by atoms with Gasteiger partial charge in [0.1, 0.15) is 17.5 Å². The molecule has 0 spiro atoms.